The van der Waals surface area contributed by atoms with Gasteiger partial charge >= 0.3 is 0 Å². The summed E-state index contributed by atoms with van der Waals surface area (Å²) >= 11 is 1.77. The molecule has 3 saturated carbocycles. The molecule has 0 unspecified atom stereocenters. The average Bonchev–Trinajstić information content (AvgIpc) is 3.07. The molecular formula is C36H56FN5O5S. The zero-order valence-electron chi connectivity index (χ0n) is 29.4. The van der Waals surface area contributed by atoms with Crippen molar-refractivity contribution in [1.82, 2.24) is 24.7 Å². The highest BCUT2D eigenvalue weighted by atomic mass is 32.2. The Kier molecular flexibility index (Phi) is 13.3. The molecule has 1 aromatic carbocycles. The molecule has 10 nitrogen and oxygen atoms in total. The van der Waals surface area contributed by atoms with E-state index in [9.17, 15) is 14.0 Å². The number of fused-ring (bicyclic) bond motifs is 1. The third-order valence-electron chi connectivity index (χ3n) is 10.7. The van der Waals surface area contributed by atoms with Gasteiger partial charge in [0.25, 0.3) is 5.56 Å². The van der Waals surface area contributed by atoms with Crippen LogP contribution in [0.4, 0.5) is 4.39 Å². The van der Waals surface area contributed by atoms with Gasteiger partial charge in [-0.3, -0.25) is 14.6 Å². The molecule has 3 aliphatic carbocycles. The van der Waals surface area contributed by atoms with E-state index in [2.05, 4.69) is 29.4 Å². The Morgan fingerprint density at radius 1 is 1.00 bits per heavy atom. The highest BCUT2D eigenvalue weighted by Gasteiger charge is 2.70. The number of aromatic nitrogens is 2. The van der Waals surface area contributed by atoms with Crippen molar-refractivity contribution in [3.8, 4) is 5.75 Å². The smallest absolute Gasteiger partial charge is 0.261 e. The van der Waals surface area contributed by atoms with E-state index in [0.29, 0.717) is 46.2 Å². The summed E-state index contributed by atoms with van der Waals surface area (Å²) in [6, 6.07) is 3.03. The van der Waals surface area contributed by atoms with Gasteiger partial charge in [0.2, 0.25) is 0 Å². The van der Waals surface area contributed by atoms with Crippen LogP contribution in [-0.2, 0) is 20.0 Å². The molecule has 3 aliphatic heterocycles. The summed E-state index contributed by atoms with van der Waals surface area (Å²) in [6.45, 7) is 14.9. The fourth-order valence-corrected chi connectivity index (χ4v) is 9.09. The summed E-state index contributed by atoms with van der Waals surface area (Å²) in [5.41, 5.74) is 0.321. The molecule has 48 heavy (non-hydrogen) atoms. The number of carbonyl (C=O) groups is 1. The number of hydrogen-bond acceptors (Lipinski definition) is 10. The molecule has 6 aliphatic rings. The molecule has 8 rings (SSSR count). The number of piperazine rings is 1. The van der Waals surface area contributed by atoms with Gasteiger partial charge in [-0.05, 0) is 64.0 Å². The highest BCUT2D eigenvalue weighted by molar-refractivity contribution is 7.99. The fourth-order valence-electron chi connectivity index (χ4n) is 8.03. The van der Waals surface area contributed by atoms with E-state index in [0.717, 1.165) is 111 Å². The largest absolute Gasteiger partial charge is 0.493 e. The molecule has 1 aromatic heterocycles. The first-order chi connectivity index (χ1) is 23.3. The van der Waals surface area contributed by atoms with E-state index in [4.69, 9.17) is 9.47 Å². The standard InChI is InChI=1S/C32H44FN5O4S.C2H6O.C2H6/c33-26-15-24(16-27-29(26)30(40)35-28(34-27)18-43-25-3-13-41-14-4-25)42-17-23-1-5-36(6-2-23)7-8-37-9-11-38(12-10-37)32-19-31(20-32,21-32)22-39;1-3-2;1-2/h15-16,22-23,25H,1-14,17-21H2,(H,34,35,40);1-2H3;1-2H3. The number of rotatable bonds is 11. The number of piperidine rings is 1. The molecule has 0 amide bonds. The van der Waals surface area contributed by atoms with Crippen LogP contribution in [0.3, 0.4) is 0 Å². The summed E-state index contributed by atoms with van der Waals surface area (Å²) in [5, 5.41) is 0.483. The maximum absolute atomic E-state index is 14.9. The number of thioether (sulfide) groups is 1. The maximum Gasteiger partial charge on any atom is 0.261 e. The number of likely N-dealkylation sites (tertiary alicyclic amines) is 1. The normalized spacial score (nSPS) is 26.8. The topological polar surface area (TPSA) is 100 Å². The first-order valence-electron chi connectivity index (χ1n) is 17.9. The van der Waals surface area contributed by atoms with Crippen LogP contribution in [0.1, 0.15) is 64.6 Å². The molecule has 2 bridgehead atoms. The lowest BCUT2D eigenvalue weighted by atomic mass is 9.39. The van der Waals surface area contributed by atoms with Crippen molar-refractivity contribution < 1.29 is 23.4 Å². The van der Waals surface area contributed by atoms with E-state index in [1.807, 2.05) is 13.8 Å². The van der Waals surface area contributed by atoms with E-state index < -0.39 is 11.4 Å². The summed E-state index contributed by atoms with van der Waals surface area (Å²) in [7, 11) is 3.25. The van der Waals surface area contributed by atoms with Crippen LogP contribution in [0.25, 0.3) is 10.9 Å². The Hall–Kier alpha value is -2.09. The van der Waals surface area contributed by atoms with Crippen molar-refractivity contribution in [2.24, 2.45) is 11.3 Å². The second-order valence-electron chi connectivity index (χ2n) is 14.0. The molecule has 6 fully saturated rings. The second-order valence-corrected chi connectivity index (χ2v) is 15.3. The van der Waals surface area contributed by atoms with Gasteiger partial charge in [0.1, 0.15) is 29.1 Å². The number of benzene rings is 1. The predicted octanol–water partition coefficient (Wildman–Crippen LogP) is 4.59. The number of aromatic amines is 1. The first kappa shape index (κ1) is 37.2. The van der Waals surface area contributed by atoms with Crippen LogP contribution in [0.2, 0.25) is 0 Å². The van der Waals surface area contributed by atoms with Crippen LogP contribution in [0.5, 0.6) is 5.75 Å². The summed E-state index contributed by atoms with van der Waals surface area (Å²) in [4.78, 5) is 39.0. The third kappa shape index (κ3) is 8.79. The number of hydrogen-bond donors (Lipinski definition) is 1. The van der Waals surface area contributed by atoms with Crippen LogP contribution >= 0.6 is 11.8 Å². The van der Waals surface area contributed by atoms with Gasteiger partial charge in [0, 0.05) is 95.0 Å². The SMILES string of the molecule is CC.COC.O=CC12CC(N3CCN(CCN4CCC(COc5cc(F)c6c(=O)[nH]c(CSC7CCOCC7)nc6c5)CC4)CC3)(C1)C2. The molecule has 0 radical (unpaired) electrons. The summed E-state index contributed by atoms with van der Waals surface area (Å²) in [6.07, 6.45) is 8.60. The Morgan fingerprint density at radius 3 is 2.25 bits per heavy atom. The number of nitrogens with one attached hydrogen (secondary N) is 1. The second kappa shape index (κ2) is 17.2. The minimum atomic E-state index is -0.588. The Bertz CT molecular complexity index is 1370. The highest BCUT2D eigenvalue weighted by Crippen LogP contribution is 2.68. The van der Waals surface area contributed by atoms with E-state index in [1.54, 1.807) is 32.0 Å². The van der Waals surface area contributed by atoms with Crippen molar-refractivity contribution in [1.29, 1.82) is 0 Å². The maximum atomic E-state index is 14.9. The molecule has 2 aromatic rings. The number of methoxy groups -OCH3 is 1. The lowest BCUT2D eigenvalue weighted by Crippen LogP contribution is -2.76. The van der Waals surface area contributed by atoms with Gasteiger partial charge in [0.15, 0.2) is 0 Å². The number of aldehydes is 1. The monoisotopic (exact) mass is 689 g/mol. The van der Waals surface area contributed by atoms with Gasteiger partial charge in [-0.15, -0.1) is 0 Å². The first-order valence-corrected chi connectivity index (χ1v) is 19.0. The third-order valence-corrected chi connectivity index (χ3v) is 12.1. The number of nitrogens with zero attached hydrogens (tertiary/aromatic N) is 4. The number of H-pyrrole nitrogens is 1. The van der Waals surface area contributed by atoms with Gasteiger partial charge in [-0.1, -0.05) is 13.8 Å². The van der Waals surface area contributed by atoms with Crippen molar-refractivity contribution in [3.63, 3.8) is 0 Å². The van der Waals surface area contributed by atoms with Crippen molar-refractivity contribution >= 4 is 29.0 Å². The molecular weight excluding hydrogens is 633 g/mol. The molecule has 12 heteroatoms. The van der Waals surface area contributed by atoms with Gasteiger partial charge < -0.3 is 28.9 Å². The van der Waals surface area contributed by atoms with Crippen LogP contribution in [0.15, 0.2) is 16.9 Å². The molecule has 4 heterocycles. The lowest BCUT2D eigenvalue weighted by Gasteiger charge is -2.72. The van der Waals surface area contributed by atoms with E-state index in [-0.39, 0.29) is 10.8 Å². The van der Waals surface area contributed by atoms with Crippen LogP contribution in [0, 0.1) is 17.2 Å². The van der Waals surface area contributed by atoms with Crippen molar-refractivity contribution in [2.45, 2.75) is 75.3 Å². The molecule has 3 saturated heterocycles. The Labute approximate surface area is 289 Å². The minimum Gasteiger partial charge on any atom is -0.493 e. The van der Waals surface area contributed by atoms with Gasteiger partial charge in [-0.25, -0.2) is 9.37 Å². The molecule has 0 atom stereocenters. The van der Waals surface area contributed by atoms with Crippen LogP contribution in [-0.4, -0.2) is 128 Å². The Balaban J connectivity index is 0.000000855. The van der Waals surface area contributed by atoms with Crippen molar-refractivity contribution in [2.75, 3.05) is 86.4 Å². The minimum absolute atomic E-state index is 0.00687. The zero-order valence-corrected chi connectivity index (χ0v) is 30.3. The van der Waals surface area contributed by atoms with Crippen LogP contribution < -0.4 is 10.3 Å². The van der Waals surface area contributed by atoms with Gasteiger partial charge in [0.05, 0.1) is 17.9 Å². The van der Waals surface area contributed by atoms with E-state index >= 15 is 0 Å². The summed E-state index contributed by atoms with van der Waals surface area (Å²) in [5.74, 6) is 1.44. The molecule has 1 N–H and O–H groups in total. The lowest BCUT2D eigenvalue weighted by molar-refractivity contribution is -0.213. The fraction of sp³-hybridized carbons (Fsp3) is 0.750. The predicted molar refractivity (Wildman–Crippen MR) is 189 cm³/mol. The summed E-state index contributed by atoms with van der Waals surface area (Å²) < 4.78 is 30.7. The number of ether oxygens (including phenoxy) is 3. The quantitative estimate of drug-likeness (QED) is 0.338. The number of carbonyl (C=O) groups excluding carboxylic acids is 1. The zero-order chi connectivity index (χ0) is 34.1. The van der Waals surface area contributed by atoms with Crippen molar-refractivity contribution in [3.05, 3.63) is 34.1 Å². The Morgan fingerprint density at radius 2 is 1.62 bits per heavy atom. The number of halogens is 1. The molecule has 268 valence electrons. The average molecular weight is 690 g/mol. The van der Waals surface area contributed by atoms with E-state index in [1.165, 1.54) is 12.4 Å². The van der Waals surface area contributed by atoms with Gasteiger partial charge in [-0.2, -0.15) is 11.8 Å². The molecule has 0 spiro atoms.